The quantitative estimate of drug-likeness (QED) is 0.850. The Bertz CT molecular complexity index is 822. The first-order valence-corrected chi connectivity index (χ1v) is 8.52. The number of halogens is 4. The molecule has 0 unspecified atom stereocenters. The first-order chi connectivity index (χ1) is 12.7. The third kappa shape index (κ3) is 4.67. The van der Waals surface area contributed by atoms with Gasteiger partial charge in [-0.2, -0.15) is 13.2 Å². The van der Waals surface area contributed by atoms with Gasteiger partial charge in [0.2, 0.25) is 0 Å². The number of carboxylic acids is 1. The fourth-order valence-corrected chi connectivity index (χ4v) is 3.15. The topological polar surface area (TPSA) is 69.6 Å². The fourth-order valence-electron chi connectivity index (χ4n) is 2.95. The number of aromatic carboxylic acids is 1. The van der Waals surface area contributed by atoms with Crippen LogP contribution in [0, 0.1) is 0 Å². The molecular weight excluding hydrogens is 385 g/mol. The lowest BCUT2D eigenvalue weighted by molar-refractivity contribution is -0.138. The van der Waals surface area contributed by atoms with Crippen LogP contribution >= 0.6 is 11.6 Å². The van der Waals surface area contributed by atoms with E-state index in [0.29, 0.717) is 32.0 Å². The normalized spacial score (nSPS) is 15.8. The number of alkyl halides is 3. The Morgan fingerprint density at radius 1 is 1.11 bits per heavy atom. The van der Waals surface area contributed by atoms with Crippen LogP contribution in [0.5, 0.6) is 0 Å². The van der Waals surface area contributed by atoms with E-state index in [1.165, 1.54) is 18.2 Å². The molecule has 0 amide bonds. The van der Waals surface area contributed by atoms with Gasteiger partial charge in [-0.05, 0) is 35.9 Å². The van der Waals surface area contributed by atoms with E-state index in [-0.39, 0.29) is 22.8 Å². The molecule has 1 aromatic carbocycles. The van der Waals surface area contributed by atoms with E-state index in [9.17, 15) is 18.0 Å². The van der Waals surface area contributed by atoms with Gasteiger partial charge in [0.1, 0.15) is 0 Å². The van der Waals surface area contributed by atoms with Crippen LogP contribution in [0.15, 0.2) is 30.3 Å². The number of nitrogens with zero attached hydrogens (tertiary/aromatic N) is 4. The van der Waals surface area contributed by atoms with Crippen LogP contribution in [0.25, 0.3) is 0 Å². The van der Waals surface area contributed by atoms with Gasteiger partial charge >= 0.3 is 12.1 Å². The zero-order chi connectivity index (χ0) is 19.6. The van der Waals surface area contributed by atoms with Crippen molar-refractivity contribution >= 4 is 23.4 Å². The maximum absolute atomic E-state index is 13.2. The molecule has 0 bridgehead atoms. The predicted octanol–water partition coefficient (Wildman–Crippen LogP) is 3.17. The first kappa shape index (κ1) is 19.4. The summed E-state index contributed by atoms with van der Waals surface area (Å²) in [5.74, 6) is -0.612. The van der Waals surface area contributed by atoms with Crippen LogP contribution in [0.4, 0.5) is 19.0 Å². The molecule has 1 aliphatic rings. The molecule has 0 atom stereocenters. The zero-order valence-electron chi connectivity index (χ0n) is 14.1. The van der Waals surface area contributed by atoms with E-state index in [2.05, 4.69) is 10.2 Å². The molecule has 1 aromatic heterocycles. The third-order valence-electron chi connectivity index (χ3n) is 4.33. The third-order valence-corrected chi connectivity index (χ3v) is 4.57. The van der Waals surface area contributed by atoms with Crippen molar-refractivity contribution in [1.29, 1.82) is 0 Å². The van der Waals surface area contributed by atoms with Crippen molar-refractivity contribution < 1.29 is 23.1 Å². The van der Waals surface area contributed by atoms with Gasteiger partial charge in [0, 0.05) is 37.7 Å². The Hall–Kier alpha value is -2.39. The molecule has 10 heteroatoms. The summed E-state index contributed by atoms with van der Waals surface area (Å²) in [6.07, 6.45) is -4.43. The molecule has 0 radical (unpaired) electrons. The average molecular weight is 401 g/mol. The maximum Gasteiger partial charge on any atom is 0.416 e. The maximum atomic E-state index is 13.2. The smallest absolute Gasteiger partial charge is 0.416 e. The number of piperazine rings is 1. The van der Waals surface area contributed by atoms with E-state index in [4.69, 9.17) is 16.7 Å². The van der Waals surface area contributed by atoms with E-state index >= 15 is 0 Å². The summed E-state index contributed by atoms with van der Waals surface area (Å²) < 4.78 is 39.5. The minimum atomic E-state index is -4.43. The van der Waals surface area contributed by atoms with Crippen molar-refractivity contribution in [3.8, 4) is 0 Å². The Morgan fingerprint density at radius 2 is 1.81 bits per heavy atom. The minimum Gasteiger partial charge on any atom is -0.476 e. The van der Waals surface area contributed by atoms with Gasteiger partial charge < -0.3 is 10.0 Å². The number of hydrogen-bond donors (Lipinski definition) is 1. The van der Waals surface area contributed by atoms with Crippen molar-refractivity contribution in [2.75, 3.05) is 31.1 Å². The second-order valence-electron chi connectivity index (χ2n) is 6.14. The number of aromatic nitrogens is 2. The van der Waals surface area contributed by atoms with Crippen LogP contribution in [0.2, 0.25) is 5.02 Å². The van der Waals surface area contributed by atoms with Crippen molar-refractivity contribution in [2.45, 2.75) is 12.7 Å². The lowest BCUT2D eigenvalue weighted by atomic mass is 10.1. The van der Waals surface area contributed by atoms with Crippen LogP contribution in [0.3, 0.4) is 0 Å². The molecule has 1 fully saturated rings. The molecule has 1 aliphatic heterocycles. The average Bonchev–Trinajstić information content (AvgIpc) is 2.61. The molecule has 1 N–H and O–H groups in total. The molecule has 27 heavy (non-hydrogen) atoms. The van der Waals surface area contributed by atoms with Crippen molar-refractivity contribution in [3.05, 3.63) is 52.2 Å². The standard InChI is InChI=1S/C17H16ClF3N4O2/c18-12-1-2-13(17(19,20)21)11(9-12)10-24-5-7-25(8-6-24)15-4-3-14(16(26)27)22-23-15/h1-4,9H,5-8,10H2,(H,26,27). The van der Waals surface area contributed by atoms with E-state index in [1.54, 1.807) is 6.07 Å². The van der Waals surface area contributed by atoms with Crippen molar-refractivity contribution in [1.82, 2.24) is 15.1 Å². The van der Waals surface area contributed by atoms with Crippen LogP contribution < -0.4 is 4.90 Å². The predicted molar refractivity (Wildman–Crippen MR) is 92.9 cm³/mol. The molecule has 144 valence electrons. The van der Waals surface area contributed by atoms with Gasteiger partial charge in [-0.1, -0.05) is 11.6 Å². The van der Waals surface area contributed by atoms with Gasteiger partial charge in [-0.15, -0.1) is 10.2 Å². The molecule has 1 saturated heterocycles. The van der Waals surface area contributed by atoms with Crippen molar-refractivity contribution in [3.63, 3.8) is 0 Å². The van der Waals surface area contributed by atoms with Crippen LogP contribution in [0.1, 0.15) is 21.6 Å². The number of carboxylic acid groups (broad SMARTS) is 1. The van der Waals surface area contributed by atoms with E-state index in [1.807, 2.05) is 9.80 Å². The number of rotatable bonds is 4. The summed E-state index contributed by atoms with van der Waals surface area (Å²) in [4.78, 5) is 14.6. The summed E-state index contributed by atoms with van der Waals surface area (Å²) in [6, 6.07) is 6.55. The lowest BCUT2D eigenvalue weighted by Crippen LogP contribution is -2.46. The summed E-state index contributed by atoms with van der Waals surface area (Å²) >= 11 is 5.87. The second-order valence-corrected chi connectivity index (χ2v) is 6.58. The molecule has 0 saturated carbocycles. The molecule has 6 nitrogen and oxygen atoms in total. The van der Waals surface area contributed by atoms with Gasteiger partial charge in [0.25, 0.3) is 0 Å². The van der Waals surface area contributed by atoms with Gasteiger partial charge in [-0.3, -0.25) is 4.90 Å². The first-order valence-electron chi connectivity index (χ1n) is 8.14. The van der Waals surface area contributed by atoms with Gasteiger partial charge in [-0.25, -0.2) is 4.79 Å². The Kier molecular flexibility index (Phi) is 5.52. The monoisotopic (exact) mass is 400 g/mol. The van der Waals surface area contributed by atoms with E-state index in [0.717, 1.165) is 6.07 Å². The summed E-state index contributed by atoms with van der Waals surface area (Å²) in [6.45, 7) is 2.30. The number of hydrogen-bond acceptors (Lipinski definition) is 5. The fraction of sp³-hybridized carbons (Fsp3) is 0.353. The number of carbonyl (C=O) groups is 1. The van der Waals surface area contributed by atoms with Crippen LogP contribution in [-0.4, -0.2) is 52.4 Å². The zero-order valence-corrected chi connectivity index (χ0v) is 14.8. The van der Waals surface area contributed by atoms with Gasteiger partial charge in [0.15, 0.2) is 11.5 Å². The summed E-state index contributed by atoms with van der Waals surface area (Å²) in [5.41, 5.74) is -0.670. The molecule has 0 aliphatic carbocycles. The largest absolute Gasteiger partial charge is 0.476 e. The second kappa shape index (κ2) is 7.69. The highest BCUT2D eigenvalue weighted by molar-refractivity contribution is 6.30. The summed E-state index contributed by atoms with van der Waals surface area (Å²) in [5, 5.41) is 16.7. The molecule has 2 aromatic rings. The molecule has 0 spiro atoms. The minimum absolute atomic E-state index is 0.141. The molecule has 3 rings (SSSR count). The molecular formula is C17H16ClF3N4O2. The van der Waals surface area contributed by atoms with Crippen LogP contribution in [-0.2, 0) is 12.7 Å². The molecule has 2 heterocycles. The Morgan fingerprint density at radius 3 is 2.37 bits per heavy atom. The van der Waals surface area contributed by atoms with E-state index < -0.39 is 17.7 Å². The highest BCUT2D eigenvalue weighted by Crippen LogP contribution is 2.34. The Balaban J connectivity index is 1.65. The van der Waals surface area contributed by atoms with Gasteiger partial charge in [0.05, 0.1) is 5.56 Å². The lowest BCUT2D eigenvalue weighted by Gasteiger charge is -2.35. The SMILES string of the molecule is O=C(O)c1ccc(N2CCN(Cc3cc(Cl)ccc3C(F)(F)F)CC2)nn1. The number of anilines is 1. The van der Waals surface area contributed by atoms with Crippen molar-refractivity contribution in [2.24, 2.45) is 0 Å². The highest BCUT2D eigenvalue weighted by Gasteiger charge is 2.34. The summed E-state index contributed by atoms with van der Waals surface area (Å²) in [7, 11) is 0. The Labute approximate surface area is 158 Å². The number of benzene rings is 1. The highest BCUT2D eigenvalue weighted by atomic mass is 35.5.